The summed E-state index contributed by atoms with van der Waals surface area (Å²) < 4.78 is 0. The molecule has 0 aromatic rings. The van der Waals surface area contributed by atoms with Gasteiger partial charge < -0.3 is 5.32 Å². The Kier molecular flexibility index (Phi) is 3.91. The van der Waals surface area contributed by atoms with E-state index in [1.165, 1.54) is 51.5 Å². The van der Waals surface area contributed by atoms with Gasteiger partial charge in [-0.1, -0.05) is 19.3 Å². The molecule has 16 heavy (non-hydrogen) atoms. The maximum Gasteiger partial charge on any atom is 0.0184 e. The average molecular weight is 224 g/mol. The standard InChI is InChI=1S/C14H28N2/c1-12-11-13(15-3)7-10-16(12)14(2)8-5-4-6-9-14/h12-13,15H,4-11H2,1-3H3. The summed E-state index contributed by atoms with van der Waals surface area (Å²) in [4.78, 5) is 2.81. The van der Waals surface area contributed by atoms with E-state index < -0.39 is 0 Å². The molecule has 2 heteroatoms. The van der Waals surface area contributed by atoms with Gasteiger partial charge in [0.2, 0.25) is 0 Å². The SMILES string of the molecule is CNC1CCN(C2(C)CCCCC2)C(C)C1. The molecule has 0 aromatic heterocycles. The van der Waals surface area contributed by atoms with Crippen molar-refractivity contribution in [1.29, 1.82) is 0 Å². The molecule has 2 aliphatic rings. The van der Waals surface area contributed by atoms with Gasteiger partial charge in [0.25, 0.3) is 0 Å². The van der Waals surface area contributed by atoms with Crippen molar-refractivity contribution in [2.24, 2.45) is 0 Å². The van der Waals surface area contributed by atoms with Gasteiger partial charge in [-0.3, -0.25) is 4.90 Å². The Bertz CT molecular complexity index is 221. The molecule has 1 saturated carbocycles. The van der Waals surface area contributed by atoms with Crippen LogP contribution in [0.3, 0.4) is 0 Å². The lowest BCUT2D eigenvalue weighted by atomic mass is 9.79. The van der Waals surface area contributed by atoms with Crippen molar-refractivity contribution >= 4 is 0 Å². The van der Waals surface area contributed by atoms with Crippen LogP contribution in [0.15, 0.2) is 0 Å². The van der Waals surface area contributed by atoms with Crippen LogP contribution >= 0.6 is 0 Å². The summed E-state index contributed by atoms with van der Waals surface area (Å²) in [7, 11) is 2.11. The van der Waals surface area contributed by atoms with Crippen LogP contribution in [0.2, 0.25) is 0 Å². The zero-order valence-electron chi connectivity index (χ0n) is 11.3. The molecular weight excluding hydrogens is 196 g/mol. The summed E-state index contributed by atoms with van der Waals surface area (Å²) in [6.45, 7) is 6.22. The molecule has 2 atom stereocenters. The predicted octanol–water partition coefficient (Wildman–Crippen LogP) is 2.78. The van der Waals surface area contributed by atoms with Crippen molar-refractivity contribution in [3.8, 4) is 0 Å². The molecule has 0 spiro atoms. The van der Waals surface area contributed by atoms with Crippen molar-refractivity contribution in [2.75, 3.05) is 13.6 Å². The smallest absolute Gasteiger partial charge is 0.0184 e. The molecule has 2 rings (SSSR count). The number of hydrogen-bond acceptors (Lipinski definition) is 2. The second kappa shape index (κ2) is 5.05. The van der Waals surface area contributed by atoms with Crippen molar-refractivity contribution in [3.63, 3.8) is 0 Å². The fourth-order valence-electron chi connectivity index (χ4n) is 3.84. The van der Waals surface area contributed by atoms with E-state index >= 15 is 0 Å². The Morgan fingerprint density at radius 3 is 2.44 bits per heavy atom. The van der Waals surface area contributed by atoms with Gasteiger partial charge in [0.15, 0.2) is 0 Å². The normalized spacial score (nSPS) is 36.2. The molecule has 1 heterocycles. The Morgan fingerprint density at radius 1 is 1.19 bits per heavy atom. The molecule has 1 aliphatic carbocycles. The van der Waals surface area contributed by atoms with Crippen molar-refractivity contribution < 1.29 is 0 Å². The molecule has 0 radical (unpaired) electrons. The number of piperidine rings is 1. The molecule has 0 aromatic carbocycles. The highest BCUT2D eigenvalue weighted by Crippen LogP contribution is 2.37. The van der Waals surface area contributed by atoms with Crippen LogP contribution < -0.4 is 5.32 Å². The van der Waals surface area contributed by atoms with E-state index in [2.05, 4.69) is 31.1 Å². The maximum atomic E-state index is 3.44. The average Bonchev–Trinajstić information content (AvgIpc) is 2.29. The summed E-state index contributed by atoms with van der Waals surface area (Å²) in [5.41, 5.74) is 0.510. The van der Waals surface area contributed by atoms with E-state index in [1.54, 1.807) is 0 Å². The van der Waals surface area contributed by atoms with Crippen LogP contribution in [0.25, 0.3) is 0 Å². The van der Waals surface area contributed by atoms with Gasteiger partial charge in [0.1, 0.15) is 0 Å². The van der Waals surface area contributed by atoms with Crippen LogP contribution in [0.1, 0.15) is 58.8 Å². The summed E-state index contributed by atoms with van der Waals surface area (Å²) in [5.74, 6) is 0. The lowest BCUT2D eigenvalue weighted by molar-refractivity contribution is 0.00298. The summed E-state index contributed by atoms with van der Waals surface area (Å²) in [6.07, 6.45) is 9.83. The molecule has 1 saturated heterocycles. The number of rotatable bonds is 2. The molecule has 1 aliphatic heterocycles. The lowest BCUT2D eigenvalue weighted by Crippen LogP contribution is -2.57. The Labute approximate surface area is 101 Å². The molecule has 1 N–H and O–H groups in total. The van der Waals surface area contributed by atoms with Gasteiger partial charge in [0, 0.05) is 24.2 Å². The molecule has 0 bridgehead atoms. The molecule has 2 fully saturated rings. The third-order valence-electron chi connectivity index (χ3n) is 4.91. The molecular formula is C14H28N2. The zero-order chi connectivity index (χ0) is 11.6. The first kappa shape index (κ1) is 12.4. The van der Waals surface area contributed by atoms with Gasteiger partial charge in [-0.25, -0.2) is 0 Å². The Balaban J connectivity index is 1.98. The Morgan fingerprint density at radius 2 is 1.88 bits per heavy atom. The molecule has 2 unspecified atom stereocenters. The quantitative estimate of drug-likeness (QED) is 0.776. The highest BCUT2D eigenvalue weighted by atomic mass is 15.2. The van der Waals surface area contributed by atoms with Crippen LogP contribution in [0.4, 0.5) is 0 Å². The van der Waals surface area contributed by atoms with Crippen LogP contribution in [0.5, 0.6) is 0 Å². The van der Waals surface area contributed by atoms with Crippen LogP contribution in [-0.2, 0) is 0 Å². The first-order valence-electron chi connectivity index (χ1n) is 7.10. The topological polar surface area (TPSA) is 15.3 Å². The van der Waals surface area contributed by atoms with Gasteiger partial charge in [0.05, 0.1) is 0 Å². The number of nitrogens with one attached hydrogen (secondary N) is 1. The second-order valence-corrected chi connectivity index (χ2v) is 6.11. The van der Waals surface area contributed by atoms with Crippen molar-refractivity contribution in [3.05, 3.63) is 0 Å². The lowest BCUT2D eigenvalue weighted by Gasteiger charge is -2.50. The van der Waals surface area contributed by atoms with Crippen LogP contribution in [0, 0.1) is 0 Å². The Hall–Kier alpha value is -0.0800. The monoisotopic (exact) mass is 224 g/mol. The van der Waals surface area contributed by atoms with E-state index in [-0.39, 0.29) is 0 Å². The highest BCUT2D eigenvalue weighted by molar-refractivity contribution is 4.95. The molecule has 0 amide bonds. The first-order chi connectivity index (χ1) is 7.65. The minimum absolute atomic E-state index is 0.510. The number of likely N-dealkylation sites (tertiary alicyclic amines) is 1. The third-order valence-corrected chi connectivity index (χ3v) is 4.91. The van der Waals surface area contributed by atoms with Crippen molar-refractivity contribution in [2.45, 2.75) is 76.4 Å². The minimum Gasteiger partial charge on any atom is -0.317 e. The van der Waals surface area contributed by atoms with Crippen molar-refractivity contribution in [1.82, 2.24) is 10.2 Å². The van der Waals surface area contributed by atoms with Gasteiger partial charge in [-0.2, -0.15) is 0 Å². The number of hydrogen-bond donors (Lipinski definition) is 1. The second-order valence-electron chi connectivity index (χ2n) is 6.11. The largest absolute Gasteiger partial charge is 0.317 e. The zero-order valence-corrected chi connectivity index (χ0v) is 11.3. The van der Waals surface area contributed by atoms with Gasteiger partial charge in [-0.15, -0.1) is 0 Å². The third kappa shape index (κ3) is 2.43. The first-order valence-corrected chi connectivity index (χ1v) is 7.10. The maximum absolute atomic E-state index is 3.44. The van der Waals surface area contributed by atoms with Crippen LogP contribution in [-0.4, -0.2) is 36.1 Å². The summed E-state index contributed by atoms with van der Waals surface area (Å²) in [5, 5.41) is 3.44. The van der Waals surface area contributed by atoms with E-state index in [1.807, 2.05) is 0 Å². The van der Waals surface area contributed by atoms with E-state index in [0.29, 0.717) is 5.54 Å². The fourth-order valence-corrected chi connectivity index (χ4v) is 3.84. The fraction of sp³-hybridized carbons (Fsp3) is 1.00. The van der Waals surface area contributed by atoms with E-state index in [9.17, 15) is 0 Å². The van der Waals surface area contributed by atoms with E-state index in [0.717, 1.165) is 12.1 Å². The van der Waals surface area contributed by atoms with Gasteiger partial charge in [-0.05, 0) is 46.6 Å². The van der Waals surface area contributed by atoms with Gasteiger partial charge >= 0.3 is 0 Å². The summed E-state index contributed by atoms with van der Waals surface area (Å²) >= 11 is 0. The highest BCUT2D eigenvalue weighted by Gasteiger charge is 2.38. The minimum atomic E-state index is 0.510. The molecule has 94 valence electrons. The molecule has 2 nitrogen and oxygen atoms in total. The summed E-state index contributed by atoms with van der Waals surface area (Å²) in [6, 6.07) is 1.51. The van der Waals surface area contributed by atoms with E-state index in [4.69, 9.17) is 0 Å². The number of nitrogens with zero attached hydrogens (tertiary/aromatic N) is 1. The predicted molar refractivity (Wildman–Crippen MR) is 69.7 cm³/mol.